The molecule has 0 aliphatic heterocycles. The van der Waals surface area contributed by atoms with Crippen molar-refractivity contribution in [3.63, 3.8) is 0 Å². The van der Waals surface area contributed by atoms with Crippen LogP contribution in [0.1, 0.15) is 0 Å². The molecule has 0 aliphatic rings. The van der Waals surface area contributed by atoms with Gasteiger partial charge in [0, 0.05) is 7.05 Å². The predicted octanol–water partition coefficient (Wildman–Crippen LogP) is -1.71. The van der Waals surface area contributed by atoms with Gasteiger partial charge in [0.1, 0.15) is 6.54 Å². The van der Waals surface area contributed by atoms with Crippen LogP contribution in [0.5, 0.6) is 0 Å². The van der Waals surface area contributed by atoms with E-state index in [0.29, 0.717) is 5.69 Å². The summed E-state index contributed by atoms with van der Waals surface area (Å²) in [6.07, 6.45) is 0. The molecule has 0 aliphatic carbocycles. The van der Waals surface area contributed by atoms with Crippen LogP contribution < -0.4 is 16.3 Å². The zero-order valence-electron chi connectivity index (χ0n) is 11.3. The molecule has 0 atom stereocenters. The van der Waals surface area contributed by atoms with Gasteiger partial charge < -0.3 is 10.6 Å². The van der Waals surface area contributed by atoms with Crippen molar-refractivity contribution in [1.82, 2.24) is 30.4 Å². The molecule has 2 aromatic rings. The number of nitrogens with one attached hydrogen (secondary N) is 2. The van der Waals surface area contributed by atoms with Crippen molar-refractivity contribution in [3.05, 3.63) is 40.8 Å². The minimum atomic E-state index is -0.531. The van der Waals surface area contributed by atoms with Crippen LogP contribution in [0.3, 0.4) is 0 Å². The molecule has 21 heavy (non-hydrogen) atoms. The molecular formula is C12H14N6O3. The second kappa shape index (κ2) is 6.46. The maximum absolute atomic E-state index is 12.0. The van der Waals surface area contributed by atoms with Crippen LogP contribution >= 0.6 is 0 Å². The van der Waals surface area contributed by atoms with E-state index < -0.39 is 11.6 Å². The summed E-state index contributed by atoms with van der Waals surface area (Å²) in [5.41, 5.74) is 0.0239. The lowest BCUT2D eigenvalue weighted by Crippen LogP contribution is -2.38. The number of tetrazole rings is 1. The number of para-hydroxylation sites is 1. The summed E-state index contributed by atoms with van der Waals surface area (Å²) in [7, 11) is 1.46. The van der Waals surface area contributed by atoms with Crippen LogP contribution in [0, 0.1) is 0 Å². The average molecular weight is 290 g/mol. The van der Waals surface area contributed by atoms with E-state index >= 15 is 0 Å². The summed E-state index contributed by atoms with van der Waals surface area (Å²) in [5, 5.41) is 12.1. The summed E-state index contributed by atoms with van der Waals surface area (Å²) in [6, 6.07) is 8.73. The van der Waals surface area contributed by atoms with E-state index in [-0.39, 0.29) is 19.0 Å². The normalized spacial score (nSPS) is 10.1. The number of nitrogens with zero attached hydrogens (tertiary/aromatic N) is 4. The van der Waals surface area contributed by atoms with E-state index in [1.54, 1.807) is 24.3 Å². The fraction of sp³-hybridized carbons (Fsp3) is 0.250. The van der Waals surface area contributed by atoms with Crippen LogP contribution in [-0.2, 0) is 16.1 Å². The number of amides is 2. The number of carbonyl (C=O) groups excluding carboxylic acids is 2. The van der Waals surface area contributed by atoms with Crippen molar-refractivity contribution in [2.45, 2.75) is 6.54 Å². The number of likely N-dealkylation sites (N-methyl/N-ethyl adjacent to an activating group) is 1. The Hall–Kier alpha value is -2.97. The lowest BCUT2D eigenvalue weighted by atomic mass is 10.3. The summed E-state index contributed by atoms with van der Waals surface area (Å²) in [4.78, 5) is 34.6. The first-order valence-corrected chi connectivity index (χ1v) is 6.17. The first-order chi connectivity index (χ1) is 10.1. The molecule has 9 nitrogen and oxygen atoms in total. The summed E-state index contributed by atoms with van der Waals surface area (Å²) >= 11 is 0. The lowest BCUT2D eigenvalue weighted by Gasteiger charge is -2.02. The van der Waals surface area contributed by atoms with Gasteiger partial charge in [0.2, 0.25) is 11.8 Å². The first kappa shape index (κ1) is 14.4. The zero-order valence-corrected chi connectivity index (χ0v) is 11.3. The van der Waals surface area contributed by atoms with E-state index in [0.717, 1.165) is 9.36 Å². The number of aromatic nitrogens is 4. The third kappa shape index (κ3) is 3.53. The number of carbonyl (C=O) groups is 2. The van der Waals surface area contributed by atoms with Crippen molar-refractivity contribution >= 4 is 11.8 Å². The smallest absolute Gasteiger partial charge is 0.358 e. The van der Waals surface area contributed by atoms with Crippen LogP contribution in [0.2, 0.25) is 0 Å². The SMILES string of the molecule is CNC(=O)CNC(=O)Cn1nnn(-c2ccccc2)c1=O. The molecule has 0 spiro atoms. The molecule has 2 amide bonds. The van der Waals surface area contributed by atoms with Gasteiger partial charge in [-0.25, -0.2) is 4.79 Å². The van der Waals surface area contributed by atoms with Crippen molar-refractivity contribution in [3.8, 4) is 5.69 Å². The molecule has 0 radical (unpaired) electrons. The first-order valence-electron chi connectivity index (χ1n) is 6.17. The van der Waals surface area contributed by atoms with Crippen LogP contribution in [0.25, 0.3) is 5.69 Å². The minimum Gasteiger partial charge on any atom is -0.358 e. The van der Waals surface area contributed by atoms with Gasteiger partial charge >= 0.3 is 5.69 Å². The van der Waals surface area contributed by atoms with Gasteiger partial charge in [0.05, 0.1) is 12.2 Å². The third-order valence-electron chi connectivity index (χ3n) is 2.66. The average Bonchev–Trinajstić information content (AvgIpc) is 2.86. The number of hydrogen-bond acceptors (Lipinski definition) is 5. The van der Waals surface area contributed by atoms with Gasteiger partial charge in [0.25, 0.3) is 0 Å². The topological polar surface area (TPSA) is 111 Å². The molecule has 0 saturated heterocycles. The third-order valence-corrected chi connectivity index (χ3v) is 2.66. The molecule has 1 heterocycles. The Morgan fingerprint density at radius 1 is 1.14 bits per heavy atom. The Kier molecular flexibility index (Phi) is 4.44. The Bertz CT molecular complexity index is 691. The maximum atomic E-state index is 12.0. The molecule has 0 saturated carbocycles. The van der Waals surface area contributed by atoms with Crippen molar-refractivity contribution in [2.75, 3.05) is 13.6 Å². The second-order valence-electron chi connectivity index (χ2n) is 4.12. The Morgan fingerprint density at radius 3 is 2.52 bits per heavy atom. The molecule has 9 heteroatoms. The number of benzene rings is 1. The van der Waals surface area contributed by atoms with Gasteiger partial charge in [-0.3, -0.25) is 9.59 Å². The van der Waals surface area contributed by atoms with E-state index in [2.05, 4.69) is 21.1 Å². The highest BCUT2D eigenvalue weighted by atomic mass is 16.2. The summed E-state index contributed by atoms with van der Waals surface area (Å²) in [5.74, 6) is -0.829. The highest BCUT2D eigenvalue weighted by molar-refractivity contribution is 5.84. The van der Waals surface area contributed by atoms with E-state index in [4.69, 9.17) is 0 Å². The van der Waals surface area contributed by atoms with Crippen molar-refractivity contribution in [1.29, 1.82) is 0 Å². The molecular weight excluding hydrogens is 276 g/mol. The van der Waals surface area contributed by atoms with Crippen LogP contribution in [0.4, 0.5) is 0 Å². The number of rotatable bonds is 5. The van der Waals surface area contributed by atoms with Crippen LogP contribution in [-0.4, -0.2) is 45.2 Å². The standard InChI is InChI=1S/C12H14N6O3/c1-13-10(19)7-14-11(20)8-17-12(21)18(16-15-17)9-5-3-2-4-6-9/h2-6H,7-8H2,1H3,(H,13,19)(H,14,20). The Labute approximate surface area is 119 Å². The Balaban J connectivity index is 2.06. The lowest BCUT2D eigenvalue weighted by molar-refractivity contribution is -0.126. The molecule has 2 N–H and O–H groups in total. The van der Waals surface area contributed by atoms with Gasteiger partial charge in [-0.05, 0) is 22.6 Å². The van der Waals surface area contributed by atoms with E-state index in [9.17, 15) is 14.4 Å². The van der Waals surface area contributed by atoms with E-state index in [1.165, 1.54) is 7.05 Å². The highest BCUT2D eigenvalue weighted by Gasteiger charge is 2.12. The zero-order chi connectivity index (χ0) is 15.2. The molecule has 0 bridgehead atoms. The monoisotopic (exact) mass is 290 g/mol. The molecule has 110 valence electrons. The summed E-state index contributed by atoms with van der Waals surface area (Å²) in [6.45, 7) is -0.459. The largest absolute Gasteiger partial charge is 0.368 e. The summed E-state index contributed by atoms with van der Waals surface area (Å²) < 4.78 is 2.01. The van der Waals surface area contributed by atoms with E-state index in [1.807, 2.05) is 6.07 Å². The minimum absolute atomic E-state index is 0.156. The van der Waals surface area contributed by atoms with Gasteiger partial charge in [0.15, 0.2) is 0 Å². The quantitative estimate of drug-likeness (QED) is 0.681. The maximum Gasteiger partial charge on any atom is 0.368 e. The molecule has 0 unspecified atom stereocenters. The number of hydrogen-bond donors (Lipinski definition) is 2. The highest BCUT2D eigenvalue weighted by Crippen LogP contribution is 2.00. The van der Waals surface area contributed by atoms with Crippen molar-refractivity contribution < 1.29 is 9.59 Å². The fourth-order valence-corrected chi connectivity index (χ4v) is 1.56. The molecule has 0 fully saturated rings. The Morgan fingerprint density at radius 2 is 1.86 bits per heavy atom. The van der Waals surface area contributed by atoms with Gasteiger partial charge in [-0.2, -0.15) is 9.36 Å². The van der Waals surface area contributed by atoms with Gasteiger partial charge in [-0.15, -0.1) is 0 Å². The van der Waals surface area contributed by atoms with Gasteiger partial charge in [-0.1, -0.05) is 18.2 Å². The van der Waals surface area contributed by atoms with Crippen molar-refractivity contribution in [2.24, 2.45) is 0 Å². The van der Waals surface area contributed by atoms with Crippen LogP contribution in [0.15, 0.2) is 35.1 Å². The molecule has 1 aromatic heterocycles. The molecule has 1 aromatic carbocycles. The predicted molar refractivity (Wildman–Crippen MR) is 72.7 cm³/mol. The fourth-order valence-electron chi connectivity index (χ4n) is 1.56. The second-order valence-corrected chi connectivity index (χ2v) is 4.12. The molecule has 2 rings (SSSR count).